The van der Waals surface area contributed by atoms with Gasteiger partial charge in [-0.15, -0.1) is 0 Å². The van der Waals surface area contributed by atoms with E-state index in [4.69, 9.17) is 4.74 Å². The Hall–Kier alpha value is -2.11. The Labute approximate surface area is 107 Å². The molecule has 0 unspecified atom stereocenters. The highest BCUT2D eigenvalue weighted by atomic mass is 19.4. The molecule has 3 nitrogen and oxygen atoms in total. The van der Waals surface area contributed by atoms with Gasteiger partial charge in [0.05, 0.1) is 5.69 Å². The topological polar surface area (TPSA) is 37.0 Å². The molecular weight excluding hydrogens is 257 g/mol. The molecule has 0 fully saturated rings. The van der Waals surface area contributed by atoms with Gasteiger partial charge in [0.25, 0.3) is 0 Å². The minimum absolute atomic E-state index is 0.140. The van der Waals surface area contributed by atoms with Gasteiger partial charge in [-0.05, 0) is 6.07 Å². The molecule has 6 heteroatoms. The molecule has 1 aliphatic rings. The van der Waals surface area contributed by atoms with Gasteiger partial charge in [-0.2, -0.15) is 13.2 Å². The molecule has 0 spiro atoms. The molecule has 0 bridgehead atoms. The monoisotopic (exact) mass is 268 g/mol. The number of fused-ring (bicyclic) bond motifs is 3. The number of halogens is 3. The minimum Gasteiger partial charge on any atom is -0.469 e. The predicted octanol–water partition coefficient (Wildman–Crippen LogP) is 3.55. The average molecular weight is 268 g/mol. The molecule has 2 aromatic rings. The van der Waals surface area contributed by atoms with Crippen molar-refractivity contribution in [1.82, 2.24) is 4.98 Å². The van der Waals surface area contributed by atoms with Crippen LogP contribution < -0.4 is 10.1 Å². The Morgan fingerprint density at radius 2 is 2.00 bits per heavy atom. The maximum Gasteiger partial charge on any atom is 0.422 e. The first-order valence-electron chi connectivity index (χ1n) is 5.78. The number of hydrogen-bond acceptors (Lipinski definition) is 2. The summed E-state index contributed by atoms with van der Waals surface area (Å²) >= 11 is 0. The lowest BCUT2D eigenvalue weighted by Crippen LogP contribution is -2.19. The second kappa shape index (κ2) is 4.22. The van der Waals surface area contributed by atoms with E-state index < -0.39 is 12.8 Å². The number of benzene rings is 1. The first-order valence-corrected chi connectivity index (χ1v) is 5.78. The van der Waals surface area contributed by atoms with Crippen LogP contribution in [0.3, 0.4) is 0 Å². The number of aromatic amines is 1. The van der Waals surface area contributed by atoms with Crippen LogP contribution >= 0.6 is 0 Å². The molecule has 0 saturated heterocycles. The number of para-hydroxylation sites is 1. The van der Waals surface area contributed by atoms with Crippen LogP contribution in [0, 0.1) is 0 Å². The molecule has 1 aliphatic heterocycles. The van der Waals surface area contributed by atoms with E-state index in [9.17, 15) is 13.2 Å². The van der Waals surface area contributed by atoms with E-state index in [1.165, 1.54) is 0 Å². The van der Waals surface area contributed by atoms with E-state index in [-0.39, 0.29) is 5.88 Å². The Balaban J connectivity index is 1.88. The standard InChI is InChI=1S/C13H11F3N2O/c14-13(15,16)7-19-11-5-8-6-17-10-4-2-1-3-9(10)12(8)18-11/h1-5,17-18H,6-7H2. The Morgan fingerprint density at radius 1 is 1.21 bits per heavy atom. The van der Waals surface area contributed by atoms with Crippen molar-refractivity contribution in [3.8, 4) is 17.1 Å². The normalized spacial score (nSPS) is 13.4. The van der Waals surface area contributed by atoms with E-state index >= 15 is 0 Å². The molecule has 100 valence electrons. The summed E-state index contributed by atoms with van der Waals surface area (Å²) in [6.07, 6.45) is -4.33. The van der Waals surface area contributed by atoms with Gasteiger partial charge < -0.3 is 15.0 Å². The number of alkyl halides is 3. The van der Waals surface area contributed by atoms with E-state index in [0.717, 1.165) is 22.5 Å². The number of anilines is 1. The molecule has 1 aromatic carbocycles. The zero-order valence-electron chi connectivity index (χ0n) is 9.84. The highest BCUT2D eigenvalue weighted by Gasteiger charge is 2.29. The fourth-order valence-electron chi connectivity index (χ4n) is 2.13. The highest BCUT2D eigenvalue weighted by molar-refractivity contribution is 5.81. The van der Waals surface area contributed by atoms with Gasteiger partial charge >= 0.3 is 6.18 Å². The second-order valence-electron chi connectivity index (χ2n) is 4.34. The third-order valence-corrected chi connectivity index (χ3v) is 2.93. The fourth-order valence-corrected chi connectivity index (χ4v) is 2.13. The lowest BCUT2D eigenvalue weighted by molar-refractivity contribution is -0.154. The van der Waals surface area contributed by atoms with E-state index in [0.29, 0.717) is 6.54 Å². The molecule has 0 amide bonds. The van der Waals surface area contributed by atoms with Crippen LogP contribution in [0.1, 0.15) is 5.56 Å². The molecule has 0 radical (unpaired) electrons. The van der Waals surface area contributed by atoms with E-state index in [1.807, 2.05) is 24.3 Å². The summed E-state index contributed by atoms with van der Waals surface area (Å²) < 4.78 is 41.1. The second-order valence-corrected chi connectivity index (χ2v) is 4.34. The average Bonchev–Trinajstić information content (AvgIpc) is 2.79. The third-order valence-electron chi connectivity index (χ3n) is 2.93. The van der Waals surface area contributed by atoms with Crippen molar-refractivity contribution in [3.05, 3.63) is 35.9 Å². The van der Waals surface area contributed by atoms with Gasteiger partial charge in [-0.1, -0.05) is 18.2 Å². The summed E-state index contributed by atoms with van der Waals surface area (Å²) in [6, 6.07) is 9.22. The summed E-state index contributed by atoms with van der Waals surface area (Å²) in [5.41, 5.74) is 3.60. The van der Waals surface area contributed by atoms with Crippen LogP contribution in [0.4, 0.5) is 18.9 Å². The minimum atomic E-state index is -4.33. The number of aromatic nitrogens is 1. The fraction of sp³-hybridized carbons (Fsp3) is 0.231. The Bertz CT molecular complexity index is 604. The van der Waals surface area contributed by atoms with Gasteiger partial charge in [0.15, 0.2) is 12.5 Å². The molecule has 3 rings (SSSR count). The van der Waals surface area contributed by atoms with E-state index in [1.54, 1.807) is 6.07 Å². The van der Waals surface area contributed by atoms with Crippen molar-refractivity contribution in [2.45, 2.75) is 12.7 Å². The Kier molecular flexibility index (Phi) is 2.66. The lowest BCUT2D eigenvalue weighted by Gasteiger charge is -2.17. The summed E-state index contributed by atoms with van der Waals surface area (Å²) in [6.45, 7) is -0.723. The SMILES string of the molecule is FC(F)(F)COc1cc2c([nH]1)-c1ccccc1NC2. The Morgan fingerprint density at radius 3 is 2.79 bits per heavy atom. The largest absolute Gasteiger partial charge is 0.469 e. The zero-order valence-corrected chi connectivity index (χ0v) is 9.84. The summed E-state index contributed by atoms with van der Waals surface area (Å²) in [7, 11) is 0. The van der Waals surface area contributed by atoms with Crippen molar-refractivity contribution in [1.29, 1.82) is 0 Å². The van der Waals surface area contributed by atoms with E-state index in [2.05, 4.69) is 10.3 Å². The van der Waals surface area contributed by atoms with Crippen LogP contribution in [0.2, 0.25) is 0 Å². The molecule has 2 N–H and O–H groups in total. The smallest absolute Gasteiger partial charge is 0.422 e. The third kappa shape index (κ3) is 2.38. The van der Waals surface area contributed by atoms with Crippen molar-refractivity contribution >= 4 is 5.69 Å². The highest BCUT2D eigenvalue weighted by Crippen LogP contribution is 2.36. The van der Waals surface area contributed by atoms with Crippen LogP contribution in [0.15, 0.2) is 30.3 Å². The predicted molar refractivity (Wildman–Crippen MR) is 65.1 cm³/mol. The van der Waals surface area contributed by atoms with Crippen LogP contribution in [0.25, 0.3) is 11.3 Å². The number of nitrogens with one attached hydrogen (secondary N) is 2. The van der Waals surface area contributed by atoms with Gasteiger partial charge in [0.1, 0.15) is 0 Å². The maximum absolute atomic E-state index is 12.1. The molecular formula is C13H11F3N2O. The van der Waals surface area contributed by atoms with Crippen LogP contribution in [0.5, 0.6) is 5.88 Å². The van der Waals surface area contributed by atoms with Crippen molar-refractivity contribution in [3.63, 3.8) is 0 Å². The van der Waals surface area contributed by atoms with Gasteiger partial charge in [-0.3, -0.25) is 0 Å². The lowest BCUT2D eigenvalue weighted by atomic mass is 10.0. The first kappa shape index (κ1) is 12.0. The molecule has 0 atom stereocenters. The summed E-state index contributed by atoms with van der Waals surface area (Å²) in [4.78, 5) is 2.90. The van der Waals surface area contributed by atoms with Crippen LogP contribution in [-0.4, -0.2) is 17.8 Å². The molecule has 19 heavy (non-hydrogen) atoms. The van der Waals surface area contributed by atoms with Gasteiger partial charge in [-0.25, -0.2) is 0 Å². The number of rotatable bonds is 2. The van der Waals surface area contributed by atoms with Gasteiger partial charge in [0, 0.05) is 29.4 Å². The molecule has 2 heterocycles. The zero-order chi connectivity index (χ0) is 13.5. The van der Waals surface area contributed by atoms with Gasteiger partial charge in [0.2, 0.25) is 0 Å². The summed E-state index contributed by atoms with van der Waals surface area (Å²) in [5.74, 6) is 0.140. The maximum atomic E-state index is 12.1. The summed E-state index contributed by atoms with van der Waals surface area (Å²) in [5, 5.41) is 3.21. The van der Waals surface area contributed by atoms with Crippen molar-refractivity contribution < 1.29 is 17.9 Å². The first-order chi connectivity index (χ1) is 9.03. The molecule has 0 aliphatic carbocycles. The quantitative estimate of drug-likeness (QED) is 0.874. The molecule has 1 aromatic heterocycles. The van der Waals surface area contributed by atoms with Crippen LogP contribution in [-0.2, 0) is 6.54 Å². The molecule has 0 saturated carbocycles. The number of ether oxygens (including phenoxy) is 1. The van der Waals surface area contributed by atoms with Crippen molar-refractivity contribution in [2.75, 3.05) is 11.9 Å². The number of H-pyrrole nitrogens is 1. The number of hydrogen-bond donors (Lipinski definition) is 2. The van der Waals surface area contributed by atoms with Crippen molar-refractivity contribution in [2.24, 2.45) is 0 Å².